The standard InChI is InChI=1S/C15H19FN4O/c1-10(11-7-12(16)9-17-8-11)19-14-13(20(2)3)5-6-18-15(14)21-4/h5-10,19H,1-4H3. The Hall–Kier alpha value is -2.37. The van der Waals surface area contributed by atoms with Crippen LogP contribution in [-0.2, 0) is 0 Å². The zero-order valence-electron chi connectivity index (χ0n) is 12.6. The lowest BCUT2D eigenvalue weighted by Crippen LogP contribution is -2.15. The van der Waals surface area contributed by atoms with Gasteiger partial charge in [0.05, 0.1) is 25.0 Å². The maximum atomic E-state index is 13.3. The van der Waals surface area contributed by atoms with Gasteiger partial charge in [-0.3, -0.25) is 4.98 Å². The number of ether oxygens (including phenoxy) is 1. The second-order valence-electron chi connectivity index (χ2n) is 4.91. The molecule has 112 valence electrons. The quantitative estimate of drug-likeness (QED) is 0.917. The molecule has 1 N–H and O–H groups in total. The number of nitrogens with one attached hydrogen (secondary N) is 1. The molecule has 1 unspecified atom stereocenters. The molecule has 2 heterocycles. The summed E-state index contributed by atoms with van der Waals surface area (Å²) in [5, 5.41) is 3.32. The number of nitrogens with zero attached hydrogens (tertiary/aromatic N) is 3. The van der Waals surface area contributed by atoms with Crippen LogP contribution in [0.5, 0.6) is 5.88 Å². The van der Waals surface area contributed by atoms with Crippen molar-refractivity contribution in [2.45, 2.75) is 13.0 Å². The highest BCUT2D eigenvalue weighted by Gasteiger charge is 2.16. The van der Waals surface area contributed by atoms with E-state index in [1.807, 2.05) is 32.0 Å². The third-order valence-corrected chi connectivity index (χ3v) is 3.16. The fraction of sp³-hybridized carbons (Fsp3) is 0.333. The summed E-state index contributed by atoms with van der Waals surface area (Å²) in [5.74, 6) is 0.143. The molecule has 0 bridgehead atoms. The second kappa shape index (κ2) is 6.39. The molecule has 6 heteroatoms. The topological polar surface area (TPSA) is 50.3 Å². The average molecular weight is 290 g/mol. The molecule has 2 aromatic heterocycles. The number of hydrogen-bond donors (Lipinski definition) is 1. The van der Waals surface area contributed by atoms with Gasteiger partial charge in [0.1, 0.15) is 11.5 Å². The van der Waals surface area contributed by atoms with Crippen LogP contribution < -0.4 is 15.0 Å². The highest BCUT2D eigenvalue weighted by atomic mass is 19.1. The summed E-state index contributed by atoms with van der Waals surface area (Å²) >= 11 is 0. The summed E-state index contributed by atoms with van der Waals surface area (Å²) in [6.07, 6.45) is 4.51. The van der Waals surface area contributed by atoms with Gasteiger partial charge in [-0.2, -0.15) is 0 Å². The Kier molecular flexibility index (Phi) is 4.57. The number of rotatable bonds is 5. The average Bonchev–Trinajstić information content (AvgIpc) is 2.47. The van der Waals surface area contributed by atoms with E-state index in [4.69, 9.17) is 4.74 Å². The van der Waals surface area contributed by atoms with E-state index in [0.717, 1.165) is 16.9 Å². The summed E-state index contributed by atoms with van der Waals surface area (Å²) in [5.41, 5.74) is 2.46. The van der Waals surface area contributed by atoms with Crippen LogP contribution in [0, 0.1) is 5.82 Å². The van der Waals surface area contributed by atoms with Crippen molar-refractivity contribution >= 4 is 11.4 Å². The number of hydrogen-bond acceptors (Lipinski definition) is 5. The Morgan fingerprint density at radius 2 is 2.10 bits per heavy atom. The van der Waals surface area contributed by atoms with Crippen molar-refractivity contribution in [1.82, 2.24) is 9.97 Å². The maximum absolute atomic E-state index is 13.3. The molecule has 0 spiro atoms. The SMILES string of the molecule is COc1nccc(N(C)C)c1NC(C)c1cncc(F)c1. The van der Waals surface area contributed by atoms with E-state index in [0.29, 0.717) is 5.88 Å². The molecule has 0 aliphatic carbocycles. The second-order valence-corrected chi connectivity index (χ2v) is 4.91. The molecule has 2 aromatic rings. The monoisotopic (exact) mass is 290 g/mol. The van der Waals surface area contributed by atoms with Gasteiger partial charge in [0.15, 0.2) is 0 Å². The molecule has 0 saturated carbocycles. The van der Waals surface area contributed by atoms with Crippen LogP contribution in [0.15, 0.2) is 30.7 Å². The van der Waals surface area contributed by atoms with Gasteiger partial charge in [0.2, 0.25) is 5.88 Å². The molecule has 21 heavy (non-hydrogen) atoms. The van der Waals surface area contributed by atoms with Gasteiger partial charge in [-0.25, -0.2) is 9.37 Å². The largest absolute Gasteiger partial charge is 0.479 e. The Morgan fingerprint density at radius 1 is 1.33 bits per heavy atom. The molecule has 5 nitrogen and oxygen atoms in total. The van der Waals surface area contributed by atoms with Crippen LogP contribution >= 0.6 is 0 Å². The zero-order valence-corrected chi connectivity index (χ0v) is 12.6. The number of halogens is 1. The van der Waals surface area contributed by atoms with Crippen LogP contribution in [0.3, 0.4) is 0 Å². The van der Waals surface area contributed by atoms with Crippen molar-refractivity contribution in [3.63, 3.8) is 0 Å². The first-order valence-corrected chi connectivity index (χ1v) is 6.60. The summed E-state index contributed by atoms with van der Waals surface area (Å²) in [4.78, 5) is 10.0. The highest BCUT2D eigenvalue weighted by Crippen LogP contribution is 2.34. The maximum Gasteiger partial charge on any atom is 0.239 e. The van der Waals surface area contributed by atoms with Crippen LogP contribution in [0.1, 0.15) is 18.5 Å². The number of anilines is 2. The van der Waals surface area contributed by atoms with E-state index >= 15 is 0 Å². The van der Waals surface area contributed by atoms with Crippen LogP contribution in [0.4, 0.5) is 15.8 Å². The highest BCUT2D eigenvalue weighted by molar-refractivity contribution is 5.74. The lowest BCUT2D eigenvalue weighted by molar-refractivity contribution is 0.399. The molecule has 0 radical (unpaired) electrons. The van der Waals surface area contributed by atoms with E-state index in [1.54, 1.807) is 19.5 Å². The van der Waals surface area contributed by atoms with E-state index in [9.17, 15) is 4.39 Å². The molecular formula is C15H19FN4O. The predicted octanol–water partition coefficient (Wildman–Crippen LogP) is 2.86. The summed E-state index contributed by atoms with van der Waals surface area (Å²) in [7, 11) is 5.45. The van der Waals surface area contributed by atoms with Crippen molar-refractivity contribution in [3.8, 4) is 5.88 Å². The molecule has 0 amide bonds. The Bertz CT molecular complexity index is 618. The Balaban J connectivity index is 2.34. The predicted molar refractivity (Wildman–Crippen MR) is 81.3 cm³/mol. The zero-order chi connectivity index (χ0) is 15.4. The molecule has 0 aromatic carbocycles. The van der Waals surface area contributed by atoms with Gasteiger partial charge >= 0.3 is 0 Å². The van der Waals surface area contributed by atoms with Gasteiger partial charge in [0, 0.05) is 26.5 Å². The number of methoxy groups -OCH3 is 1. The molecule has 0 aliphatic rings. The third-order valence-electron chi connectivity index (χ3n) is 3.16. The fourth-order valence-corrected chi connectivity index (χ4v) is 2.06. The molecule has 0 aliphatic heterocycles. The minimum atomic E-state index is -0.355. The summed E-state index contributed by atoms with van der Waals surface area (Å²) in [6.45, 7) is 1.93. The summed E-state index contributed by atoms with van der Waals surface area (Å²) in [6, 6.07) is 3.22. The number of pyridine rings is 2. The minimum absolute atomic E-state index is 0.134. The van der Waals surface area contributed by atoms with E-state index in [-0.39, 0.29) is 11.9 Å². The van der Waals surface area contributed by atoms with Crippen molar-refractivity contribution in [1.29, 1.82) is 0 Å². The smallest absolute Gasteiger partial charge is 0.239 e. The first-order chi connectivity index (χ1) is 10.0. The minimum Gasteiger partial charge on any atom is -0.479 e. The van der Waals surface area contributed by atoms with Crippen LogP contribution in [-0.4, -0.2) is 31.2 Å². The van der Waals surface area contributed by atoms with Gasteiger partial charge in [-0.15, -0.1) is 0 Å². The van der Waals surface area contributed by atoms with Crippen LogP contribution in [0.2, 0.25) is 0 Å². The van der Waals surface area contributed by atoms with Gasteiger partial charge in [-0.05, 0) is 24.6 Å². The Morgan fingerprint density at radius 3 is 2.71 bits per heavy atom. The molecule has 2 rings (SSSR count). The van der Waals surface area contributed by atoms with Gasteiger partial charge in [0.25, 0.3) is 0 Å². The molecular weight excluding hydrogens is 271 g/mol. The summed E-state index contributed by atoms with van der Waals surface area (Å²) < 4.78 is 18.6. The van der Waals surface area contributed by atoms with Crippen LogP contribution in [0.25, 0.3) is 0 Å². The normalized spacial score (nSPS) is 11.9. The first kappa shape index (κ1) is 15.0. The first-order valence-electron chi connectivity index (χ1n) is 6.60. The van der Waals surface area contributed by atoms with E-state index in [2.05, 4.69) is 15.3 Å². The molecule has 0 saturated heterocycles. The van der Waals surface area contributed by atoms with Crippen molar-refractivity contribution in [2.24, 2.45) is 0 Å². The number of aromatic nitrogens is 2. The molecule has 0 fully saturated rings. The van der Waals surface area contributed by atoms with Gasteiger partial charge < -0.3 is 15.0 Å². The van der Waals surface area contributed by atoms with Gasteiger partial charge in [-0.1, -0.05) is 0 Å². The lowest BCUT2D eigenvalue weighted by atomic mass is 10.1. The Labute approximate surface area is 123 Å². The van der Waals surface area contributed by atoms with Crippen molar-refractivity contribution in [2.75, 3.05) is 31.4 Å². The van der Waals surface area contributed by atoms with E-state index in [1.165, 1.54) is 12.3 Å². The fourth-order valence-electron chi connectivity index (χ4n) is 2.06. The lowest BCUT2D eigenvalue weighted by Gasteiger charge is -2.23. The molecule has 1 atom stereocenters. The van der Waals surface area contributed by atoms with E-state index < -0.39 is 0 Å². The third kappa shape index (κ3) is 3.39. The van der Waals surface area contributed by atoms with Crippen molar-refractivity contribution < 1.29 is 9.13 Å². The van der Waals surface area contributed by atoms with Crippen molar-refractivity contribution in [3.05, 3.63) is 42.1 Å².